The lowest BCUT2D eigenvalue weighted by atomic mass is 10.0. The Morgan fingerprint density at radius 3 is 2.05 bits per heavy atom. The number of carbonyl (C=O) groups is 2. The smallest absolute Gasteiger partial charge is 0.435 e. The number of amides is 1. The Morgan fingerprint density at radius 2 is 1.60 bits per heavy atom. The number of carbonyl (C=O) groups excluding carboxylic acids is 1. The Hall–Kier alpha value is -3.31. The number of rotatable bonds is 5. The molecule has 1 aliphatic carbocycles. The highest BCUT2D eigenvalue weighted by molar-refractivity contribution is 7.92. The standard InChI is InChI=1S/C22H18F9N3O5S/c1-10-6-16(21(26,27)28)32-34(10)11-2-3-15(13(7-11)20(23,24)25)40(38,39)12-8-14(17(35)36)33(9-12)18(37)19(4-5-19)22(29,30)31/h2-3,6-7,12,14H,4-5,8-9H2,1H3,(H,35,36)/t12-,14+/m1/s1. The highest BCUT2D eigenvalue weighted by atomic mass is 32.2. The molecule has 1 aromatic heterocycles. The summed E-state index contributed by atoms with van der Waals surface area (Å²) in [6.07, 6.45) is -17.7. The van der Waals surface area contributed by atoms with E-state index in [1.165, 1.54) is 0 Å². The second-order valence-electron chi connectivity index (χ2n) is 9.55. The second-order valence-corrected chi connectivity index (χ2v) is 11.7. The molecule has 0 bridgehead atoms. The second kappa shape index (κ2) is 9.10. The van der Waals surface area contributed by atoms with Crippen molar-refractivity contribution in [3.8, 4) is 5.69 Å². The quantitative estimate of drug-likeness (QED) is 0.506. The number of hydrogen-bond acceptors (Lipinski definition) is 5. The van der Waals surface area contributed by atoms with Crippen molar-refractivity contribution < 1.29 is 62.6 Å². The minimum absolute atomic E-state index is 0.221. The molecule has 0 unspecified atom stereocenters. The molecule has 2 heterocycles. The fraction of sp³-hybridized carbons (Fsp3) is 0.500. The van der Waals surface area contributed by atoms with Gasteiger partial charge in [0.15, 0.2) is 15.5 Å². The number of halogens is 9. The van der Waals surface area contributed by atoms with Crippen LogP contribution < -0.4 is 0 Å². The third-order valence-electron chi connectivity index (χ3n) is 6.95. The van der Waals surface area contributed by atoms with E-state index < -0.39 is 105 Å². The number of carboxylic acids is 1. The summed E-state index contributed by atoms with van der Waals surface area (Å²) in [5.74, 6) is -3.52. The van der Waals surface area contributed by atoms with E-state index in [0.717, 1.165) is 13.0 Å². The molecule has 220 valence electrons. The average molecular weight is 607 g/mol. The Bertz CT molecular complexity index is 1470. The van der Waals surface area contributed by atoms with Crippen molar-refractivity contribution in [3.05, 3.63) is 41.2 Å². The molecule has 1 N–H and O–H groups in total. The zero-order valence-corrected chi connectivity index (χ0v) is 20.8. The van der Waals surface area contributed by atoms with Gasteiger partial charge in [0.1, 0.15) is 11.5 Å². The van der Waals surface area contributed by atoms with Crippen LogP contribution in [-0.2, 0) is 31.8 Å². The summed E-state index contributed by atoms with van der Waals surface area (Å²) in [5, 5.41) is 10.7. The van der Waals surface area contributed by atoms with Crippen LogP contribution in [0.3, 0.4) is 0 Å². The highest BCUT2D eigenvalue weighted by Crippen LogP contribution is 2.59. The van der Waals surface area contributed by atoms with Crippen LogP contribution >= 0.6 is 0 Å². The Labute approximate surface area is 219 Å². The number of hydrogen-bond donors (Lipinski definition) is 1. The molecule has 2 atom stereocenters. The first kappa shape index (κ1) is 29.7. The van der Waals surface area contributed by atoms with Crippen molar-refractivity contribution in [3.63, 3.8) is 0 Å². The molecular formula is C22H18F9N3O5S. The number of carboxylic acid groups (broad SMARTS) is 1. The largest absolute Gasteiger partial charge is 0.480 e. The zero-order chi connectivity index (χ0) is 30.2. The van der Waals surface area contributed by atoms with Gasteiger partial charge in [0, 0.05) is 12.2 Å². The van der Waals surface area contributed by atoms with Crippen LogP contribution in [0.15, 0.2) is 29.2 Å². The van der Waals surface area contributed by atoms with Gasteiger partial charge < -0.3 is 10.0 Å². The van der Waals surface area contributed by atoms with Gasteiger partial charge in [0.2, 0.25) is 5.91 Å². The maximum atomic E-state index is 14.0. The predicted octanol–water partition coefficient (Wildman–Crippen LogP) is 4.39. The average Bonchev–Trinajstić information content (AvgIpc) is 3.35. The molecule has 2 fully saturated rings. The fourth-order valence-electron chi connectivity index (χ4n) is 4.67. The zero-order valence-electron chi connectivity index (χ0n) is 20.0. The van der Waals surface area contributed by atoms with Crippen LogP contribution in [-0.4, -0.2) is 64.1 Å². The first-order valence-corrected chi connectivity index (χ1v) is 12.9. The van der Waals surface area contributed by atoms with E-state index >= 15 is 0 Å². The van der Waals surface area contributed by atoms with Gasteiger partial charge in [-0.1, -0.05) is 0 Å². The molecule has 1 amide bonds. The lowest BCUT2D eigenvalue weighted by Crippen LogP contribution is -2.48. The van der Waals surface area contributed by atoms with Crippen molar-refractivity contribution in [1.29, 1.82) is 0 Å². The first-order valence-electron chi connectivity index (χ1n) is 11.3. The third-order valence-corrected chi connectivity index (χ3v) is 9.14. The van der Waals surface area contributed by atoms with Crippen LogP contribution in [0.25, 0.3) is 5.69 Å². The van der Waals surface area contributed by atoms with Gasteiger partial charge in [-0.2, -0.15) is 44.6 Å². The molecule has 0 radical (unpaired) electrons. The van der Waals surface area contributed by atoms with E-state index in [1.54, 1.807) is 0 Å². The molecule has 1 aromatic carbocycles. The Balaban J connectivity index is 1.75. The molecule has 4 rings (SSSR count). The van der Waals surface area contributed by atoms with E-state index in [-0.39, 0.29) is 16.7 Å². The highest BCUT2D eigenvalue weighted by Gasteiger charge is 2.70. The number of aromatic nitrogens is 2. The summed E-state index contributed by atoms with van der Waals surface area (Å²) in [4.78, 5) is 23.3. The summed E-state index contributed by atoms with van der Waals surface area (Å²) in [6.45, 7) is 0.00607. The SMILES string of the molecule is Cc1cc(C(F)(F)F)nn1-c1ccc(S(=O)(=O)[C@@H]2C[C@@H](C(=O)O)N(C(=O)C3(C(F)(F)F)CC3)C2)c(C(F)(F)F)c1. The maximum Gasteiger partial charge on any atom is 0.435 e. The number of benzene rings is 1. The normalized spacial score (nSPS) is 21.5. The number of aryl methyl sites for hydroxylation is 1. The topological polar surface area (TPSA) is 110 Å². The fourth-order valence-corrected chi connectivity index (χ4v) is 6.56. The molecule has 1 saturated carbocycles. The minimum Gasteiger partial charge on any atom is -0.480 e. The lowest BCUT2D eigenvalue weighted by molar-refractivity contribution is -0.199. The van der Waals surface area contributed by atoms with Crippen LogP contribution in [0.5, 0.6) is 0 Å². The Morgan fingerprint density at radius 1 is 1.00 bits per heavy atom. The van der Waals surface area contributed by atoms with E-state index in [4.69, 9.17) is 0 Å². The number of likely N-dealkylation sites (tertiary alicyclic amines) is 1. The van der Waals surface area contributed by atoms with Crippen molar-refractivity contribution >= 4 is 21.7 Å². The Kier molecular flexibility index (Phi) is 6.75. The molecule has 1 aliphatic heterocycles. The van der Waals surface area contributed by atoms with Gasteiger partial charge in [-0.3, -0.25) is 4.79 Å². The van der Waals surface area contributed by atoms with Gasteiger partial charge in [-0.15, -0.1) is 0 Å². The first-order chi connectivity index (χ1) is 18.1. The van der Waals surface area contributed by atoms with Crippen LogP contribution in [0.1, 0.15) is 36.2 Å². The minimum atomic E-state index is -5.39. The third kappa shape index (κ3) is 4.89. The van der Waals surface area contributed by atoms with Gasteiger partial charge in [-0.25, -0.2) is 17.9 Å². The van der Waals surface area contributed by atoms with Gasteiger partial charge in [0.05, 0.1) is 21.4 Å². The van der Waals surface area contributed by atoms with Crippen LogP contribution in [0.2, 0.25) is 0 Å². The summed E-state index contributed by atoms with van der Waals surface area (Å²) in [6, 6.07) is -0.0599. The van der Waals surface area contributed by atoms with Crippen molar-refractivity contribution in [2.45, 2.75) is 60.9 Å². The van der Waals surface area contributed by atoms with Crippen LogP contribution in [0, 0.1) is 12.3 Å². The summed E-state index contributed by atoms with van der Waals surface area (Å²) >= 11 is 0. The summed E-state index contributed by atoms with van der Waals surface area (Å²) in [7, 11) is -5.14. The molecule has 8 nitrogen and oxygen atoms in total. The molecule has 18 heteroatoms. The van der Waals surface area contributed by atoms with Crippen molar-refractivity contribution in [2.75, 3.05) is 6.54 Å². The van der Waals surface area contributed by atoms with E-state index in [1.807, 2.05) is 0 Å². The number of aliphatic carboxylic acids is 1. The molecule has 2 aromatic rings. The van der Waals surface area contributed by atoms with Crippen molar-refractivity contribution in [1.82, 2.24) is 14.7 Å². The molecule has 40 heavy (non-hydrogen) atoms. The maximum absolute atomic E-state index is 14.0. The predicted molar refractivity (Wildman–Crippen MR) is 115 cm³/mol. The molecular weight excluding hydrogens is 589 g/mol. The summed E-state index contributed by atoms with van der Waals surface area (Å²) < 4.78 is 149. The monoisotopic (exact) mass is 607 g/mol. The van der Waals surface area contributed by atoms with Gasteiger partial charge >= 0.3 is 24.5 Å². The molecule has 2 aliphatic rings. The lowest BCUT2D eigenvalue weighted by Gasteiger charge is -2.28. The van der Waals surface area contributed by atoms with E-state index in [9.17, 15) is 62.6 Å². The number of nitrogens with zero attached hydrogens (tertiary/aromatic N) is 3. The molecule has 0 spiro atoms. The number of sulfone groups is 1. The number of alkyl halides is 9. The van der Waals surface area contributed by atoms with E-state index in [0.29, 0.717) is 16.8 Å². The van der Waals surface area contributed by atoms with Crippen LogP contribution in [0.4, 0.5) is 39.5 Å². The van der Waals surface area contributed by atoms with E-state index in [2.05, 4.69) is 5.10 Å². The summed E-state index contributed by atoms with van der Waals surface area (Å²) in [5.41, 5.74) is -6.94. The van der Waals surface area contributed by atoms with Crippen molar-refractivity contribution in [2.24, 2.45) is 5.41 Å². The van der Waals surface area contributed by atoms with Gasteiger partial charge in [0.25, 0.3) is 0 Å². The van der Waals surface area contributed by atoms with Gasteiger partial charge in [-0.05, 0) is 50.5 Å². The molecule has 1 saturated heterocycles.